The van der Waals surface area contributed by atoms with Gasteiger partial charge in [0.15, 0.2) is 0 Å². The fourth-order valence-corrected chi connectivity index (χ4v) is 5.68. The van der Waals surface area contributed by atoms with Crippen molar-refractivity contribution in [2.45, 2.75) is 26.2 Å². The topological polar surface area (TPSA) is 32.6 Å². The Bertz CT molecular complexity index is 1350. The van der Waals surface area contributed by atoms with Gasteiger partial charge in [0.05, 0.1) is 22.2 Å². The molecular formula is C25H17F4NOS2. The molecule has 168 valence electrons. The van der Waals surface area contributed by atoms with E-state index in [1.807, 2.05) is 6.92 Å². The van der Waals surface area contributed by atoms with Gasteiger partial charge in [-0.1, -0.05) is 30.3 Å². The molecule has 0 saturated carbocycles. The summed E-state index contributed by atoms with van der Waals surface area (Å²) in [5.74, 6) is 2.64. The van der Waals surface area contributed by atoms with Crippen LogP contribution in [0.2, 0.25) is 0 Å². The van der Waals surface area contributed by atoms with E-state index in [0.717, 1.165) is 34.4 Å². The van der Waals surface area contributed by atoms with Crippen LogP contribution in [0.25, 0.3) is 19.8 Å². The van der Waals surface area contributed by atoms with Gasteiger partial charge < -0.3 is 5.21 Å². The van der Waals surface area contributed by atoms with Crippen molar-refractivity contribution in [3.8, 4) is 22.3 Å². The molecule has 0 atom stereocenters. The van der Waals surface area contributed by atoms with Gasteiger partial charge in [-0.2, -0.15) is 0 Å². The minimum Gasteiger partial charge on any atom is -0.411 e. The zero-order valence-electron chi connectivity index (χ0n) is 17.4. The molecule has 0 unspecified atom stereocenters. The molecule has 0 fully saturated rings. The number of thiophene rings is 2. The molecule has 0 bridgehead atoms. The van der Waals surface area contributed by atoms with E-state index in [1.54, 1.807) is 12.1 Å². The van der Waals surface area contributed by atoms with Crippen molar-refractivity contribution in [2.75, 3.05) is 0 Å². The van der Waals surface area contributed by atoms with Crippen molar-refractivity contribution in [1.29, 1.82) is 0 Å². The third-order valence-electron chi connectivity index (χ3n) is 4.97. The molecule has 0 spiro atoms. The largest absolute Gasteiger partial charge is 0.411 e. The van der Waals surface area contributed by atoms with E-state index in [4.69, 9.17) is 5.21 Å². The Morgan fingerprint density at radius 3 is 2.15 bits per heavy atom. The summed E-state index contributed by atoms with van der Waals surface area (Å²) < 4.78 is 58.8. The van der Waals surface area contributed by atoms with E-state index >= 15 is 0 Å². The van der Waals surface area contributed by atoms with Crippen LogP contribution in [0.15, 0.2) is 41.6 Å². The summed E-state index contributed by atoms with van der Waals surface area (Å²) in [5.41, 5.74) is 0.291. The maximum absolute atomic E-state index is 14.7. The first-order valence-electron chi connectivity index (χ1n) is 10.1. The molecule has 0 saturated heterocycles. The molecule has 8 heteroatoms. The van der Waals surface area contributed by atoms with Gasteiger partial charge in [-0.3, -0.25) is 0 Å². The smallest absolute Gasteiger partial charge is 0.136 e. The average Bonchev–Trinajstić information content (AvgIpc) is 3.31. The Kier molecular flexibility index (Phi) is 6.82. The first kappa shape index (κ1) is 23.0. The van der Waals surface area contributed by atoms with Crippen LogP contribution in [0.1, 0.15) is 41.3 Å². The van der Waals surface area contributed by atoms with Crippen molar-refractivity contribution in [3.63, 3.8) is 0 Å². The van der Waals surface area contributed by atoms with Crippen LogP contribution < -0.4 is 0 Å². The van der Waals surface area contributed by atoms with Gasteiger partial charge in [0, 0.05) is 19.8 Å². The second-order valence-electron chi connectivity index (χ2n) is 7.34. The molecule has 0 aliphatic heterocycles. The highest BCUT2D eigenvalue weighted by molar-refractivity contribution is 7.29. The van der Waals surface area contributed by atoms with Crippen LogP contribution in [-0.2, 0) is 6.42 Å². The van der Waals surface area contributed by atoms with Crippen LogP contribution >= 0.6 is 22.7 Å². The van der Waals surface area contributed by atoms with E-state index in [2.05, 4.69) is 17.0 Å². The minimum atomic E-state index is -0.890. The van der Waals surface area contributed by atoms with Gasteiger partial charge in [-0.15, -0.1) is 22.7 Å². The molecule has 2 aromatic carbocycles. The standard InChI is InChI=1S/C25H17F4NOS2/c1-2-3-4-14-9-20(28)25(21(29)10-14)24-12-23-22(33-24)11-16(32-23)6-5-15-7-18(26)17(13-30-31)19(27)8-15/h7-13,31H,2-4H2,1H3/b30-13+. The van der Waals surface area contributed by atoms with E-state index in [0.29, 0.717) is 28.0 Å². The molecule has 0 radical (unpaired) electrons. The Hall–Kier alpha value is -3.15. The molecule has 0 amide bonds. The van der Waals surface area contributed by atoms with E-state index < -0.39 is 28.8 Å². The van der Waals surface area contributed by atoms with Gasteiger partial charge >= 0.3 is 0 Å². The molecule has 33 heavy (non-hydrogen) atoms. The number of halogens is 4. The maximum Gasteiger partial charge on any atom is 0.136 e. The Labute approximate surface area is 195 Å². The maximum atomic E-state index is 14.7. The average molecular weight is 488 g/mol. The SMILES string of the molecule is CCCCc1cc(F)c(-c2cc3sc(C#Cc4cc(F)c(/C=N/O)c(F)c4)cc3s2)c(F)c1. The van der Waals surface area contributed by atoms with Gasteiger partial charge in [0.2, 0.25) is 0 Å². The molecule has 4 rings (SSSR count). The second-order valence-corrected chi connectivity index (χ2v) is 9.50. The zero-order chi connectivity index (χ0) is 23.5. The third-order valence-corrected chi connectivity index (χ3v) is 7.20. The quantitative estimate of drug-likeness (QED) is 0.101. The van der Waals surface area contributed by atoms with E-state index in [-0.39, 0.29) is 11.1 Å². The van der Waals surface area contributed by atoms with Crippen LogP contribution in [-0.4, -0.2) is 11.4 Å². The molecule has 2 heterocycles. The molecule has 2 aromatic heterocycles. The summed E-state index contributed by atoms with van der Waals surface area (Å²) in [4.78, 5) is 1.15. The highest BCUT2D eigenvalue weighted by Crippen LogP contribution is 2.40. The highest BCUT2D eigenvalue weighted by Gasteiger charge is 2.17. The first-order chi connectivity index (χ1) is 15.9. The number of rotatable bonds is 5. The van der Waals surface area contributed by atoms with Crippen LogP contribution in [0.4, 0.5) is 17.6 Å². The van der Waals surface area contributed by atoms with Crippen molar-refractivity contribution in [3.05, 3.63) is 81.2 Å². The highest BCUT2D eigenvalue weighted by atomic mass is 32.1. The minimum absolute atomic E-state index is 0.0336. The normalized spacial score (nSPS) is 11.3. The monoisotopic (exact) mass is 487 g/mol. The zero-order valence-corrected chi connectivity index (χ0v) is 19.0. The van der Waals surface area contributed by atoms with Crippen molar-refractivity contribution >= 4 is 38.3 Å². The lowest BCUT2D eigenvalue weighted by atomic mass is 10.0. The number of hydrogen-bond acceptors (Lipinski definition) is 4. The van der Waals surface area contributed by atoms with Crippen molar-refractivity contribution < 1.29 is 22.8 Å². The number of hydrogen-bond donors (Lipinski definition) is 1. The summed E-state index contributed by atoms with van der Waals surface area (Å²) in [7, 11) is 0. The molecule has 1 N–H and O–H groups in total. The molecule has 0 aliphatic carbocycles. The van der Waals surface area contributed by atoms with Crippen molar-refractivity contribution in [2.24, 2.45) is 5.16 Å². The lowest BCUT2D eigenvalue weighted by Gasteiger charge is -2.06. The number of benzene rings is 2. The van der Waals surface area contributed by atoms with Gasteiger partial charge in [0.1, 0.15) is 23.3 Å². The third kappa shape index (κ3) is 4.95. The second kappa shape index (κ2) is 9.77. The lowest BCUT2D eigenvalue weighted by molar-refractivity contribution is 0.321. The number of fused-ring (bicyclic) bond motifs is 1. The number of nitrogens with zero attached hydrogens (tertiary/aromatic N) is 1. The fraction of sp³-hybridized carbons (Fsp3) is 0.160. The summed E-state index contributed by atoms with van der Waals surface area (Å²) in [6.07, 6.45) is 3.14. The molecule has 2 nitrogen and oxygen atoms in total. The first-order valence-corrected chi connectivity index (χ1v) is 11.7. The van der Waals surface area contributed by atoms with E-state index in [9.17, 15) is 17.6 Å². The predicted octanol–water partition coefficient (Wildman–Crippen LogP) is 7.74. The Balaban J connectivity index is 1.61. The van der Waals surface area contributed by atoms with Crippen LogP contribution in [0.3, 0.4) is 0 Å². The summed E-state index contributed by atoms with van der Waals surface area (Å²) >= 11 is 2.59. The summed E-state index contributed by atoms with van der Waals surface area (Å²) in [6, 6.07) is 8.41. The summed E-state index contributed by atoms with van der Waals surface area (Å²) in [5, 5.41) is 11.1. The summed E-state index contributed by atoms with van der Waals surface area (Å²) in [6.45, 7) is 2.03. The van der Waals surface area contributed by atoms with E-state index in [1.165, 1.54) is 34.8 Å². The molecule has 0 aliphatic rings. The Morgan fingerprint density at radius 2 is 1.55 bits per heavy atom. The lowest BCUT2D eigenvalue weighted by Crippen LogP contribution is -1.95. The van der Waals surface area contributed by atoms with Crippen LogP contribution in [0.5, 0.6) is 0 Å². The van der Waals surface area contributed by atoms with Crippen LogP contribution in [0, 0.1) is 35.1 Å². The van der Waals surface area contributed by atoms with Gasteiger partial charge in [-0.25, -0.2) is 17.6 Å². The number of aryl methyl sites for hydroxylation is 1. The van der Waals surface area contributed by atoms with Gasteiger partial charge in [0.25, 0.3) is 0 Å². The molecule has 4 aromatic rings. The number of unbranched alkanes of at least 4 members (excludes halogenated alkanes) is 1. The fourth-order valence-electron chi connectivity index (χ4n) is 3.38. The predicted molar refractivity (Wildman–Crippen MR) is 125 cm³/mol. The van der Waals surface area contributed by atoms with Gasteiger partial charge in [-0.05, 0) is 54.8 Å². The van der Waals surface area contributed by atoms with Crippen molar-refractivity contribution in [1.82, 2.24) is 0 Å². The Morgan fingerprint density at radius 1 is 0.879 bits per heavy atom. The number of oxime groups is 1. The molecular weight excluding hydrogens is 470 g/mol.